The molecule has 2 aromatic carbocycles. The van der Waals surface area contributed by atoms with Gasteiger partial charge >= 0.3 is 0 Å². The fourth-order valence-corrected chi connectivity index (χ4v) is 4.34. The van der Waals surface area contributed by atoms with Crippen molar-refractivity contribution in [3.05, 3.63) is 89.1 Å². The van der Waals surface area contributed by atoms with Crippen molar-refractivity contribution in [1.29, 1.82) is 0 Å². The fourth-order valence-electron chi connectivity index (χ4n) is 3.62. The summed E-state index contributed by atoms with van der Waals surface area (Å²) in [6, 6.07) is 12.2. The molecule has 0 saturated heterocycles. The van der Waals surface area contributed by atoms with Crippen LogP contribution in [0, 0.1) is 11.6 Å². The Bertz CT molecular complexity index is 927. The average molecular weight is 397 g/mol. The monoisotopic (exact) mass is 396 g/mol. The summed E-state index contributed by atoms with van der Waals surface area (Å²) < 4.78 is 28.1. The molecule has 144 valence electrons. The average Bonchev–Trinajstić information content (AvgIpc) is 3.19. The van der Waals surface area contributed by atoms with Gasteiger partial charge in [0.25, 0.3) is 0 Å². The van der Waals surface area contributed by atoms with E-state index in [1.165, 1.54) is 18.2 Å². The highest BCUT2D eigenvalue weighted by atomic mass is 32.2. The number of dihydropyridines is 1. The van der Waals surface area contributed by atoms with Crippen molar-refractivity contribution in [2.24, 2.45) is 4.99 Å². The van der Waals surface area contributed by atoms with Crippen LogP contribution in [-0.4, -0.2) is 16.8 Å². The van der Waals surface area contributed by atoms with Gasteiger partial charge in [0, 0.05) is 11.9 Å². The highest BCUT2D eigenvalue weighted by Gasteiger charge is 2.24. The van der Waals surface area contributed by atoms with Crippen LogP contribution >= 0.6 is 11.8 Å². The number of thioether (sulfide) groups is 1. The Hall–Kier alpha value is -2.40. The van der Waals surface area contributed by atoms with Gasteiger partial charge in [-0.3, -0.25) is 4.99 Å². The second-order valence-corrected chi connectivity index (χ2v) is 8.27. The molecule has 0 aromatic heterocycles. The highest BCUT2D eigenvalue weighted by molar-refractivity contribution is 8.00. The molecule has 2 nitrogen and oxygen atoms in total. The van der Waals surface area contributed by atoms with E-state index in [2.05, 4.69) is 59.9 Å². The fraction of sp³-hybridized carbons (Fsp3) is 0.261. The van der Waals surface area contributed by atoms with Gasteiger partial charge in [0.1, 0.15) is 11.6 Å². The number of hydrogen-bond donors (Lipinski definition) is 1. The number of benzene rings is 2. The van der Waals surface area contributed by atoms with Crippen LogP contribution in [0.5, 0.6) is 0 Å². The van der Waals surface area contributed by atoms with Crippen LogP contribution in [0.1, 0.15) is 42.5 Å². The standard InChI is InChI=1S/C23H22F2N2S/c1-2-28-22-13-10-17(14-26-22)15-6-8-16(9-7-15)20-11-12-21(27-20)23-18(24)4-3-5-19(23)25/h3-10,13-14,20,22,26H,2,11-12H2,1H3. The van der Waals surface area contributed by atoms with Gasteiger partial charge in [0.05, 0.1) is 17.0 Å². The van der Waals surface area contributed by atoms with Crippen molar-refractivity contribution < 1.29 is 8.78 Å². The molecular weight excluding hydrogens is 374 g/mol. The topological polar surface area (TPSA) is 24.4 Å². The van der Waals surface area contributed by atoms with Gasteiger partial charge < -0.3 is 5.32 Å². The van der Waals surface area contributed by atoms with E-state index in [1.54, 1.807) is 0 Å². The third-order valence-electron chi connectivity index (χ3n) is 5.05. The molecule has 2 unspecified atom stereocenters. The normalized spacial score (nSPS) is 21.2. The number of nitrogens with zero attached hydrogens (tertiary/aromatic N) is 1. The predicted octanol–water partition coefficient (Wildman–Crippen LogP) is 5.87. The molecule has 0 fully saturated rings. The Kier molecular flexibility index (Phi) is 5.62. The molecule has 0 spiro atoms. The molecule has 0 bridgehead atoms. The molecule has 2 aliphatic rings. The lowest BCUT2D eigenvalue weighted by atomic mass is 9.99. The number of aliphatic imine (C=N–C) groups is 1. The molecule has 2 atom stereocenters. The summed E-state index contributed by atoms with van der Waals surface area (Å²) >= 11 is 1.86. The smallest absolute Gasteiger partial charge is 0.135 e. The zero-order chi connectivity index (χ0) is 19.5. The van der Waals surface area contributed by atoms with Crippen molar-refractivity contribution >= 4 is 23.0 Å². The first-order valence-electron chi connectivity index (χ1n) is 9.53. The Morgan fingerprint density at radius 2 is 1.86 bits per heavy atom. The Balaban J connectivity index is 1.50. The van der Waals surface area contributed by atoms with Crippen LogP contribution in [0.2, 0.25) is 0 Å². The van der Waals surface area contributed by atoms with Crippen molar-refractivity contribution in [3.63, 3.8) is 0 Å². The first kappa shape index (κ1) is 18.9. The van der Waals surface area contributed by atoms with E-state index in [0.717, 1.165) is 28.9 Å². The minimum Gasteiger partial charge on any atom is -0.375 e. The first-order chi connectivity index (χ1) is 13.7. The largest absolute Gasteiger partial charge is 0.375 e. The maximum absolute atomic E-state index is 14.0. The first-order valence-corrected chi connectivity index (χ1v) is 10.6. The molecule has 2 aliphatic heterocycles. The molecule has 2 heterocycles. The maximum atomic E-state index is 14.0. The third kappa shape index (κ3) is 3.90. The van der Waals surface area contributed by atoms with Crippen molar-refractivity contribution in [3.8, 4) is 0 Å². The predicted molar refractivity (Wildman–Crippen MR) is 113 cm³/mol. The SMILES string of the molecule is CCSC1C=CC(c2ccc(C3CCC(c4c(F)cccc4F)=N3)cc2)=CN1. The molecule has 4 rings (SSSR count). The van der Waals surface area contributed by atoms with E-state index in [0.29, 0.717) is 17.5 Å². The number of hydrogen-bond acceptors (Lipinski definition) is 3. The molecule has 0 radical (unpaired) electrons. The van der Waals surface area contributed by atoms with E-state index < -0.39 is 11.6 Å². The van der Waals surface area contributed by atoms with Crippen molar-refractivity contribution in [2.45, 2.75) is 31.2 Å². The third-order valence-corrected chi connectivity index (χ3v) is 6.03. The van der Waals surface area contributed by atoms with Crippen LogP contribution < -0.4 is 5.32 Å². The Morgan fingerprint density at radius 1 is 1.11 bits per heavy atom. The van der Waals surface area contributed by atoms with Gasteiger partial charge in [-0.25, -0.2) is 8.78 Å². The van der Waals surface area contributed by atoms with Gasteiger partial charge in [-0.15, -0.1) is 11.8 Å². The molecule has 0 amide bonds. The number of allylic oxidation sites excluding steroid dienone is 2. The van der Waals surface area contributed by atoms with Crippen LogP contribution in [0.25, 0.3) is 5.57 Å². The number of rotatable bonds is 5. The quantitative estimate of drug-likeness (QED) is 0.684. The molecule has 2 aromatic rings. The van der Waals surface area contributed by atoms with Crippen LogP contribution in [0.4, 0.5) is 8.78 Å². The van der Waals surface area contributed by atoms with Crippen LogP contribution in [0.3, 0.4) is 0 Å². The number of halogens is 2. The van der Waals surface area contributed by atoms with Gasteiger partial charge in [-0.1, -0.05) is 49.4 Å². The summed E-state index contributed by atoms with van der Waals surface area (Å²) in [6.07, 6.45) is 7.72. The van der Waals surface area contributed by atoms with Gasteiger partial charge in [-0.05, 0) is 47.4 Å². The Morgan fingerprint density at radius 3 is 2.50 bits per heavy atom. The minimum atomic E-state index is -0.544. The molecule has 0 aliphatic carbocycles. The molecule has 0 saturated carbocycles. The summed E-state index contributed by atoms with van der Waals surface area (Å²) in [7, 11) is 0. The summed E-state index contributed by atoms with van der Waals surface area (Å²) in [6.45, 7) is 2.15. The second-order valence-electron chi connectivity index (χ2n) is 6.85. The highest BCUT2D eigenvalue weighted by Crippen LogP contribution is 2.33. The minimum absolute atomic E-state index is 0.0182. The van der Waals surface area contributed by atoms with Gasteiger partial charge in [-0.2, -0.15) is 0 Å². The van der Waals surface area contributed by atoms with E-state index in [-0.39, 0.29) is 11.6 Å². The maximum Gasteiger partial charge on any atom is 0.135 e. The Labute approximate surface area is 168 Å². The lowest BCUT2D eigenvalue weighted by Gasteiger charge is -2.18. The van der Waals surface area contributed by atoms with Crippen molar-refractivity contribution in [2.75, 3.05) is 5.75 Å². The summed E-state index contributed by atoms with van der Waals surface area (Å²) in [5, 5.41) is 3.73. The van der Waals surface area contributed by atoms with E-state index >= 15 is 0 Å². The molecular formula is C23H22F2N2S. The molecule has 28 heavy (non-hydrogen) atoms. The molecule has 5 heteroatoms. The lowest BCUT2D eigenvalue weighted by molar-refractivity contribution is 0.578. The summed E-state index contributed by atoms with van der Waals surface area (Å²) in [5.41, 5.74) is 3.89. The van der Waals surface area contributed by atoms with E-state index in [1.807, 2.05) is 11.8 Å². The second kappa shape index (κ2) is 8.31. The van der Waals surface area contributed by atoms with Gasteiger partial charge in [0.2, 0.25) is 0 Å². The zero-order valence-corrected chi connectivity index (χ0v) is 16.5. The lowest BCUT2D eigenvalue weighted by Crippen LogP contribution is -2.21. The van der Waals surface area contributed by atoms with Gasteiger partial charge in [0.15, 0.2) is 0 Å². The molecule has 1 N–H and O–H groups in total. The van der Waals surface area contributed by atoms with Crippen LogP contribution in [-0.2, 0) is 0 Å². The van der Waals surface area contributed by atoms with E-state index in [9.17, 15) is 8.78 Å². The summed E-state index contributed by atoms with van der Waals surface area (Å²) in [4.78, 5) is 4.62. The van der Waals surface area contributed by atoms with Crippen molar-refractivity contribution in [1.82, 2.24) is 5.32 Å². The summed E-state index contributed by atoms with van der Waals surface area (Å²) in [5.74, 6) is -0.0174. The number of nitrogens with one attached hydrogen (secondary N) is 1. The van der Waals surface area contributed by atoms with Crippen LogP contribution in [0.15, 0.2) is 65.8 Å². The zero-order valence-electron chi connectivity index (χ0n) is 15.7. The van der Waals surface area contributed by atoms with E-state index in [4.69, 9.17) is 0 Å².